The first-order valence-electron chi connectivity index (χ1n) is 7.90. The Morgan fingerprint density at radius 2 is 2.00 bits per heavy atom. The number of carbonyl (C=O) groups excluding carboxylic acids is 1. The highest BCUT2D eigenvalue weighted by Gasteiger charge is 2.28. The number of amides is 1. The Morgan fingerprint density at radius 1 is 1.22 bits per heavy atom. The molecule has 0 atom stereocenters. The molecule has 0 N–H and O–H groups in total. The SMILES string of the molecule is O=C1COc2cc([N+](=O)[O-])ccc2N1Cc1cn(-c2ccc(Cl)cc2)nn1. The monoisotopic (exact) mass is 385 g/mol. The molecule has 0 saturated heterocycles. The zero-order valence-corrected chi connectivity index (χ0v) is 14.5. The molecular formula is C17H12ClN5O4. The number of rotatable bonds is 4. The molecule has 9 nitrogen and oxygen atoms in total. The van der Waals surface area contributed by atoms with Crippen LogP contribution in [-0.2, 0) is 11.3 Å². The van der Waals surface area contributed by atoms with E-state index in [4.69, 9.17) is 16.3 Å². The minimum atomic E-state index is -0.512. The first-order valence-corrected chi connectivity index (χ1v) is 8.28. The van der Waals surface area contributed by atoms with Crippen LogP contribution in [0.2, 0.25) is 5.02 Å². The number of halogens is 1. The number of benzene rings is 2. The Morgan fingerprint density at radius 3 is 2.74 bits per heavy atom. The summed E-state index contributed by atoms with van der Waals surface area (Å²) >= 11 is 5.88. The van der Waals surface area contributed by atoms with Gasteiger partial charge in [-0.05, 0) is 30.3 Å². The molecule has 0 bridgehead atoms. The Balaban J connectivity index is 1.60. The van der Waals surface area contributed by atoms with E-state index in [1.54, 1.807) is 35.1 Å². The van der Waals surface area contributed by atoms with Crippen molar-refractivity contribution in [2.75, 3.05) is 11.5 Å². The normalized spacial score (nSPS) is 13.2. The summed E-state index contributed by atoms with van der Waals surface area (Å²) in [7, 11) is 0. The predicted molar refractivity (Wildman–Crippen MR) is 96.2 cm³/mol. The molecule has 1 aromatic heterocycles. The maximum Gasteiger partial charge on any atom is 0.273 e. The van der Waals surface area contributed by atoms with E-state index in [-0.39, 0.29) is 30.5 Å². The predicted octanol–water partition coefficient (Wildman–Crippen LogP) is 2.75. The van der Waals surface area contributed by atoms with Crippen molar-refractivity contribution in [3.8, 4) is 11.4 Å². The van der Waals surface area contributed by atoms with Gasteiger partial charge in [0.25, 0.3) is 11.6 Å². The second-order valence-corrected chi connectivity index (χ2v) is 6.24. The molecule has 2 heterocycles. The fourth-order valence-electron chi connectivity index (χ4n) is 2.73. The first-order chi connectivity index (χ1) is 13.0. The molecule has 27 heavy (non-hydrogen) atoms. The lowest BCUT2D eigenvalue weighted by Gasteiger charge is -2.28. The van der Waals surface area contributed by atoms with Gasteiger partial charge in [-0.2, -0.15) is 0 Å². The highest BCUT2D eigenvalue weighted by atomic mass is 35.5. The van der Waals surface area contributed by atoms with Crippen LogP contribution in [0.15, 0.2) is 48.7 Å². The molecule has 4 rings (SSSR count). The fraction of sp³-hybridized carbons (Fsp3) is 0.118. The number of nitro benzene ring substituents is 1. The summed E-state index contributed by atoms with van der Waals surface area (Å²) < 4.78 is 6.91. The maximum atomic E-state index is 12.3. The number of aromatic nitrogens is 3. The van der Waals surface area contributed by atoms with E-state index in [9.17, 15) is 14.9 Å². The van der Waals surface area contributed by atoms with Crippen molar-refractivity contribution >= 4 is 28.9 Å². The van der Waals surface area contributed by atoms with Crippen molar-refractivity contribution in [1.82, 2.24) is 15.0 Å². The number of hydrogen-bond donors (Lipinski definition) is 0. The molecule has 0 aliphatic carbocycles. The number of anilines is 1. The van der Waals surface area contributed by atoms with E-state index in [0.717, 1.165) is 5.69 Å². The molecule has 0 fully saturated rings. The van der Waals surface area contributed by atoms with Crippen LogP contribution in [0.5, 0.6) is 5.75 Å². The zero-order valence-electron chi connectivity index (χ0n) is 13.8. The van der Waals surface area contributed by atoms with Crippen LogP contribution in [0.1, 0.15) is 5.69 Å². The highest BCUT2D eigenvalue weighted by molar-refractivity contribution is 6.30. The van der Waals surface area contributed by atoms with E-state index in [1.807, 2.05) is 0 Å². The van der Waals surface area contributed by atoms with Crippen LogP contribution >= 0.6 is 11.6 Å². The molecule has 1 aliphatic rings. The third-order valence-electron chi connectivity index (χ3n) is 4.05. The van der Waals surface area contributed by atoms with Crippen molar-refractivity contribution in [1.29, 1.82) is 0 Å². The molecule has 1 aliphatic heterocycles. The molecule has 136 valence electrons. The smallest absolute Gasteiger partial charge is 0.273 e. The molecule has 1 amide bonds. The minimum Gasteiger partial charge on any atom is -0.481 e. The van der Waals surface area contributed by atoms with Gasteiger partial charge in [0, 0.05) is 11.1 Å². The number of nitro groups is 1. The van der Waals surface area contributed by atoms with Gasteiger partial charge < -0.3 is 4.74 Å². The van der Waals surface area contributed by atoms with Crippen LogP contribution in [-0.4, -0.2) is 32.4 Å². The van der Waals surface area contributed by atoms with Crippen molar-refractivity contribution in [2.45, 2.75) is 6.54 Å². The maximum absolute atomic E-state index is 12.3. The Kier molecular flexibility index (Phi) is 4.21. The second-order valence-electron chi connectivity index (χ2n) is 5.81. The topological polar surface area (TPSA) is 103 Å². The summed E-state index contributed by atoms with van der Waals surface area (Å²) in [6.45, 7) is -0.0277. The lowest BCUT2D eigenvalue weighted by molar-refractivity contribution is -0.384. The van der Waals surface area contributed by atoms with Crippen LogP contribution in [0, 0.1) is 10.1 Å². The van der Waals surface area contributed by atoms with Gasteiger partial charge in [0.05, 0.1) is 35.1 Å². The third kappa shape index (κ3) is 3.32. The molecule has 0 spiro atoms. The van der Waals surface area contributed by atoms with Gasteiger partial charge in [-0.25, -0.2) is 4.68 Å². The average Bonchev–Trinajstić information content (AvgIpc) is 3.13. The summed E-state index contributed by atoms with van der Waals surface area (Å²) in [4.78, 5) is 24.2. The highest BCUT2D eigenvalue weighted by Crippen LogP contribution is 2.35. The van der Waals surface area contributed by atoms with Crippen molar-refractivity contribution in [3.63, 3.8) is 0 Å². The van der Waals surface area contributed by atoms with Gasteiger partial charge in [0.15, 0.2) is 12.4 Å². The number of carbonyl (C=O) groups is 1. The zero-order chi connectivity index (χ0) is 19.0. The lowest BCUT2D eigenvalue weighted by atomic mass is 10.2. The van der Waals surface area contributed by atoms with E-state index < -0.39 is 4.92 Å². The van der Waals surface area contributed by atoms with Crippen LogP contribution < -0.4 is 9.64 Å². The van der Waals surface area contributed by atoms with Crippen LogP contribution in [0.25, 0.3) is 5.69 Å². The third-order valence-corrected chi connectivity index (χ3v) is 4.30. The number of nitrogens with zero attached hydrogens (tertiary/aromatic N) is 5. The molecule has 0 unspecified atom stereocenters. The summed E-state index contributed by atoms with van der Waals surface area (Å²) in [5.41, 5.74) is 1.70. The standard InChI is InChI=1S/C17H12ClN5O4/c18-11-1-3-13(4-2-11)22-9-12(19-20-22)8-21-15-6-5-14(23(25)26)7-16(15)27-10-17(21)24/h1-7,9H,8,10H2. The lowest BCUT2D eigenvalue weighted by Crippen LogP contribution is -2.38. The number of fused-ring (bicyclic) bond motifs is 1. The van der Waals surface area contributed by atoms with Gasteiger partial charge in [-0.15, -0.1) is 5.10 Å². The largest absolute Gasteiger partial charge is 0.481 e. The van der Waals surface area contributed by atoms with Gasteiger partial charge in [0.2, 0.25) is 0 Å². The molecule has 10 heteroatoms. The molecular weight excluding hydrogens is 374 g/mol. The van der Waals surface area contributed by atoms with Crippen molar-refractivity contribution in [3.05, 3.63) is 69.5 Å². The van der Waals surface area contributed by atoms with Gasteiger partial charge in [0.1, 0.15) is 5.69 Å². The Labute approximate surface area is 157 Å². The Hall–Kier alpha value is -3.46. The second kappa shape index (κ2) is 6.69. The molecule has 0 saturated carbocycles. The fourth-order valence-corrected chi connectivity index (χ4v) is 2.86. The van der Waals surface area contributed by atoms with E-state index in [1.165, 1.54) is 23.1 Å². The quantitative estimate of drug-likeness (QED) is 0.505. The molecule has 3 aromatic rings. The van der Waals surface area contributed by atoms with Crippen molar-refractivity contribution in [2.24, 2.45) is 0 Å². The molecule has 2 aromatic carbocycles. The van der Waals surface area contributed by atoms with E-state index >= 15 is 0 Å². The van der Waals surface area contributed by atoms with E-state index in [2.05, 4.69) is 10.3 Å². The van der Waals surface area contributed by atoms with E-state index in [0.29, 0.717) is 16.4 Å². The number of hydrogen-bond acceptors (Lipinski definition) is 6. The summed E-state index contributed by atoms with van der Waals surface area (Å²) in [6.07, 6.45) is 1.71. The minimum absolute atomic E-state index is 0.100. The van der Waals surface area contributed by atoms with Gasteiger partial charge in [-0.3, -0.25) is 19.8 Å². The van der Waals surface area contributed by atoms with Crippen molar-refractivity contribution < 1.29 is 14.5 Å². The molecule has 0 radical (unpaired) electrons. The Bertz CT molecular complexity index is 1030. The van der Waals surface area contributed by atoms with Crippen LogP contribution in [0.3, 0.4) is 0 Å². The van der Waals surface area contributed by atoms with Crippen LogP contribution in [0.4, 0.5) is 11.4 Å². The number of ether oxygens (including phenoxy) is 1. The summed E-state index contributed by atoms with van der Waals surface area (Å²) in [5, 5.41) is 19.7. The summed E-state index contributed by atoms with van der Waals surface area (Å²) in [6, 6.07) is 11.2. The summed E-state index contributed by atoms with van der Waals surface area (Å²) in [5.74, 6) is 0.0197. The van der Waals surface area contributed by atoms with Gasteiger partial charge in [-0.1, -0.05) is 16.8 Å². The number of non-ortho nitro benzene ring substituents is 1. The average molecular weight is 386 g/mol. The van der Waals surface area contributed by atoms with Gasteiger partial charge >= 0.3 is 0 Å². The first kappa shape index (κ1) is 17.0.